The molecule has 2 atom stereocenters. The van der Waals surface area contributed by atoms with E-state index in [1.807, 2.05) is 13.1 Å². The van der Waals surface area contributed by atoms with Crippen molar-refractivity contribution in [3.05, 3.63) is 23.7 Å². The zero-order chi connectivity index (χ0) is 26.3. The molecule has 3 aromatic rings. The molecular formula is C28H38N6O2S2. The first-order valence-electron chi connectivity index (χ1n) is 14.1. The van der Waals surface area contributed by atoms with Crippen LogP contribution in [0.4, 0.5) is 11.8 Å². The van der Waals surface area contributed by atoms with E-state index in [4.69, 9.17) is 15.0 Å². The molecule has 3 aromatic heterocycles. The monoisotopic (exact) mass is 554 g/mol. The molecule has 3 fully saturated rings. The Labute approximate surface area is 229 Å². The molecule has 6 rings (SSSR count). The first-order valence-corrected chi connectivity index (χ1v) is 17.0. The van der Waals surface area contributed by atoms with E-state index < -0.39 is 9.84 Å². The molecule has 3 aliphatic carbocycles. The number of thiazole rings is 1. The Bertz CT molecular complexity index is 1410. The number of anilines is 2. The molecule has 10 heteroatoms. The predicted octanol–water partition coefficient (Wildman–Crippen LogP) is 5.95. The summed E-state index contributed by atoms with van der Waals surface area (Å²) in [6.45, 7) is 2.91. The number of aromatic nitrogens is 4. The summed E-state index contributed by atoms with van der Waals surface area (Å²) in [5.74, 6) is 3.23. The Hall–Kier alpha value is -2.33. The van der Waals surface area contributed by atoms with Crippen molar-refractivity contribution >= 4 is 43.2 Å². The number of sulfone groups is 1. The summed E-state index contributed by atoms with van der Waals surface area (Å²) < 4.78 is 24.9. The molecule has 3 heterocycles. The summed E-state index contributed by atoms with van der Waals surface area (Å²) in [5.41, 5.74) is 3.97. The number of hydrogen-bond acceptors (Lipinski definition) is 9. The zero-order valence-electron chi connectivity index (χ0n) is 22.4. The second-order valence-corrected chi connectivity index (χ2v) is 14.9. The first-order chi connectivity index (χ1) is 18.3. The number of hydrogen-bond donors (Lipinski definition) is 2. The fourth-order valence-corrected chi connectivity index (χ4v) is 8.54. The van der Waals surface area contributed by atoms with Gasteiger partial charge in [-0.05, 0) is 63.4 Å². The van der Waals surface area contributed by atoms with Crippen molar-refractivity contribution in [2.45, 2.75) is 83.1 Å². The number of rotatable bonds is 10. The minimum Gasteiger partial charge on any atom is -0.367 e. The molecule has 2 N–H and O–H groups in total. The van der Waals surface area contributed by atoms with Crippen LogP contribution in [0.25, 0.3) is 20.8 Å². The van der Waals surface area contributed by atoms with Gasteiger partial charge in [-0.1, -0.05) is 25.7 Å². The highest BCUT2D eigenvalue weighted by Gasteiger charge is 2.31. The Kier molecular flexibility index (Phi) is 7.28. The van der Waals surface area contributed by atoms with Crippen molar-refractivity contribution in [3.8, 4) is 10.6 Å². The molecule has 0 saturated heterocycles. The van der Waals surface area contributed by atoms with Gasteiger partial charge in [-0.15, -0.1) is 11.3 Å². The maximum atomic E-state index is 11.9. The summed E-state index contributed by atoms with van der Waals surface area (Å²) in [6.07, 6.45) is 14.8. The summed E-state index contributed by atoms with van der Waals surface area (Å²) in [4.78, 5) is 19.6. The third-order valence-corrected chi connectivity index (χ3v) is 10.4. The fourth-order valence-electron chi connectivity index (χ4n) is 6.32. The zero-order valence-corrected chi connectivity index (χ0v) is 24.0. The Morgan fingerprint density at radius 1 is 1.03 bits per heavy atom. The van der Waals surface area contributed by atoms with Crippen molar-refractivity contribution in [1.82, 2.24) is 19.9 Å². The van der Waals surface area contributed by atoms with E-state index in [0.29, 0.717) is 11.9 Å². The minimum absolute atomic E-state index is 0.180. The number of fused-ring (bicyclic) bond motifs is 1. The number of pyridine rings is 1. The average molecular weight is 555 g/mol. The van der Waals surface area contributed by atoms with Crippen molar-refractivity contribution in [1.29, 1.82) is 0 Å². The molecular weight excluding hydrogens is 516 g/mol. The molecule has 0 bridgehead atoms. The van der Waals surface area contributed by atoms with Gasteiger partial charge in [0.2, 0.25) is 5.95 Å². The van der Waals surface area contributed by atoms with E-state index in [2.05, 4.69) is 21.7 Å². The van der Waals surface area contributed by atoms with Gasteiger partial charge < -0.3 is 10.6 Å². The predicted molar refractivity (Wildman–Crippen MR) is 155 cm³/mol. The second kappa shape index (κ2) is 10.7. The lowest BCUT2D eigenvalue weighted by Crippen LogP contribution is -2.20. The first kappa shape index (κ1) is 25.9. The SMILES string of the molecule is Cc1nc(NCCC2CCCC2)nc(NC2CCC(CS(C)(=O)=O)C2)c1-c1nc2c(C3CC3)nccc2s1. The van der Waals surface area contributed by atoms with Crippen LogP contribution in [-0.4, -0.2) is 52.9 Å². The molecule has 38 heavy (non-hydrogen) atoms. The standard InChI is InChI=1S/C28H38N6O2S2/c1-17-23(27-33-25-22(37-27)12-14-29-24(25)20-8-9-20)26(32-21-10-7-19(15-21)16-38(2,35)36)34-28(31-17)30-13-11-18-5-3-4-6-18/h12,14,18-21H,3-11,13,15-16H2,1-2H3,(H2,30,31,32,34). The molecule has 0 aromatic carbocycles. The van der Waals surface area contributed by atoms with Crippen LogP contribution in [0.2, 0.25) is 0 Å². The van der Waals surface area contributed by atoms with E-state index in [1.54, 1.807) is 11.3 Å². The van der Waals surface area contributed by atoms with E-state index >= 15 is 0 Å². The third kappa shape index (κ3) is 5.96. The third-order valence-electron chi connectivity index (χ3n) is 8.33. The van der Waals surface area contributed by atoms with Gasteiger partial charge >= 0.3 is 0 Å². The van der Waals surface area contributed by atoms with Gasteiger partial charge in [-0.25, -0.2) is 18.4 Å². The van der Waals surface area contributed by atoms with E-state index in [9.17, 15) is 8.42 Å². The summed E-state index contributed by atoms with van der Waals surface area (Å²) in [5, 5.41) is 8.10. The Morgan fingerprint density at radius 3 is 2.61 bits per heavy atom. The van der Waals surface area contributed by atoms with Crippen LogP contribution in [-0.2, 0) is 9.84 Å². The Balaban J connectivity index is 1.29. The van der Waals surface area contributed by atoms with Crippen LogP contribution in [0.3, 0.4) is 0 Å². The number of aryl methyl sites for hydroxylation is 1. The molecule has 0 spiro atoms. The summed E-state index contributed by atoms with van der Waals surface area (Å²) in [6, 6.07) is 2.23. The molecule has 0 radical (unpaired) electrons. The number of nitrogens with zero attached hydrogens (tertiary/aromatic N) is 4. The van der Waals surface area contributed by atoms with E-state index in [0.717, 1.165) is 76.1 Å². The topological polar surface area (TPSA) is 110 Å². The summed E-state index contributed by atoms with van der Waals surface area (Å²) >= 11 is 1.67. The van der Waals surface area contributed by atoms with Crippen molar-refractivity contribution < 1.29 is 8.42 Å². The lowest BCUT2D eigenvalue weighted by molar-refractivity contribution is 0.518. The van der Waals surface area contributed by atoms with E-state index in [-0.39, 0.29) is 17.7 Å². The van der Waals surface area contributed by atoms with Crippen LogP contribution >= 0.6 is 11.3 Å². The largest absolute Gasteiger partial charge is 0.367 e. The lowest BCUT2D eigenvalue weighted by atomic mass is 10.0. The molecule has 0 aliphatic heterocycles. The average Bonchev–Trinajstić information content (AvgIpc) is 3.20. The van der Waals surface area contributed by atoms with Gasteiger partial charge in [0.15, 0.2) is 0 Å². The van der Waals surface area contributed by atoms with Gasteiger partial charge in [-0.3, -0.25) is 4.98 Å². The highest BCUT2D eigenvalue weighted by Crippen LogP contribution is 2.44. The van der Waals surface area contributed by atoms with Gasteiger partial charge in [-0.2, -0.15) is 4.98 Å². The normalized spacial score (nSPS) is 22.4. The van der Waals surface area contributed by atoms with Crippen LogP contribution in [0, 0.1) is 18.8 Å². The molecule has 3 saturated carbocycles. The van der Waals surface area contributed by atoms with Gasteiger partial charge in [0.1, 0.15) is 26.2 Å². The van der Waals surface area contributed by atoms with Crippen LogP contribution < -0.4 is 10.6 Å². The molecule has 2 unspecified atom stereocenters. The molecule has 3 aliphatic rings. The molecule has 0 amide bonds. The maximum absolute atomic E-state index is 11.9. The fraction of sp³-hybridized carbons (Fsp3) is 0.643. The maximum Gasteiger partial charge on any atom is 0.224 e. The van der Waals surface area contributed by atoms with Crippen molar-refractivity contribution in [2.24, 2.45) is 11.8 Å². The van der Waals surface area contributed by atoms with Crippen LogP contribution in [0.15, 0.2) is 12.3 Å². The highest BCUT2D eigenvalue weighted by molar-refractivity contribution is 7.90. The highest BCUT2D eigenvalue weighted by atomic mass is 32.2. The van der Waals surface area contributed by atoms with Gasteiger partial charge in [0.05, 0.1) is 27.4 Å². The van der Waals surface area contributed by atoms with Crippen molar-refractivity contribution in [3.63, 3.8) is 0 Å². The van der Waals surface area contributed by atoms with Crippen molar-refractivity contribution in [2.75, 3.05) is 29.2 Å². The summed E-state index contributed by atoms with van der Waals surface area (Å²) in [7, 11) is -2.98. The number of nitrogens with one attached hydrogen (secondary N) is 2. The molecule has 8 nitrogen and oxygen atoms in total. The van der Waals surface area contributed by atoms with E-state index in [1.165, 1.54) is 44.8 Å². The van der Waals surface area contributed by atoms with Gasteiger partial charge in [0, 0.05) is 31.0 Å². The smallest absolute Gasteiger partial charge is 0.224 e. The Morgan fingerprint density at radius 2 is 1.84 bits per heavy atom. The molecule has 204 valence electrons. The minimum atomic E-state index is -2.98. The van der Waals surface area contributed by atoms with Crippen LogP contribution in [0.1, 0.15) is 81.5 Å². The second-order valence-electron chi connectivity index (χ2n) is 11.7. The van der Waals surface area contributed by atoms with Crippen LogP contribution in [0.5, 0.6) is 0 Å². The van der Waals surface area contributed by atoms with Gasteiger partial charge in [0.25, 0.3) is 0 Å². The quantitative estimate of drug-likeness (QED) is 0.316. The lowest BCUT2D eigenvalue weighted by Gasteiger charge is -2.19.